The van der Waals surface area contributed by atoms with Crippen molar-refractivity contribution in [3.8, 4) is 0 Å². The zero-order valence-electron chi connectivity index (χ0n) is 11.1. The topological polar surface area (TPSA) is 122 Å². The minimum Gasteiger partial charge on any atom is -0.480 e. The lowest BCUT2D eigenvalue weighted by Crippen LogP contribution is -2.50. The van der Waals surface area contributed by atoms with Gasteiger partial charge in [0, 0.05) is 18.3 Å². The van der Waals surface area contributed by atoms with Crippen LogP contribution in [0.25, 0.3) is 0 Å². The average molecular weight is 281 g/mol. The molecule has 1 aliphatic carbocycles. The monoisotopic (exact) mass is 281 g/mol. The second-order valence-electron chi connectivity index (χ2n) is 4.97. The van der Waals surface area contributed by atoms with Crippen molar-refractivity contribution < 1.29 is 14.7 Å². The predicted molar refractivity (Wildman–Crippen MR) is 72.2 cm³/mol. The van der Waals surface area contributed by atoms with Crippen LogP contribution in [0.2, 0.25) is 0 Å². The van der Waals surface area contributed by atoms with Gasteiger partial charge in [0.2, 0.25) is 0 Å². The van der Waals surface area contributed by atoms with Crippen molar-refractivity contribution in [2.75, 3.05) is 5.32 Å². The molecule has 1 fully saturated rings. The van der Waals surface area contributed by atoms with E-state index in [2.05, 4.69) is 15.7 Å². The maximum Gasteiger partial charge on any atom is 0.325 e. The van der Waals surface area contributed by atoms with Gasteiger partial charge in [-0.25, -0.2) is 4.79 Å². The molecule has 0 radical (unpaired) electrons. The Morgan fingerprint density at radius 3 is 2.90 bits per heavy atom. The van der Waals surface area contributed by atoms with E-state index in [9.17, 15) is 9.59 Å². The van der Waals surface area contributed by atoms with Gasteiger partial charge in [0.05, 0.1) is 11.9 Å². The number of nitrogens with one attached hydrogen (secondary N) is 2. The second-order valence-corrected chi connectivity index (χ2v) is 4.97. The number of nitrogens with zero attached hydrogens (tertiary/aromatic N) is 2. The van der Waals surface area contributed by atoms with Crippen LogP contribution in [0.15, 0.2) is 12.4 Å². The van der Waals surface area contributed by atoms with Crippen molar-refractivity contribution in [2.24, 2.45) is 5.73 Å². The van der Waals surface area contributed by atoms with Crippen LogP contribution in [0, 0.1) is 0 Å². The lowest BCUT2D eigenvalue weighted by atomic mass is 9.91. The van der Waals surface area contributed by atoms with Crippen molar-refractivity contribution >= 4 is 17.7 Å². The summed E-state index contributed by atoms with van der Waals surface area (Å²) in [6.07, 6.45) is 6.84. The normalized spacial score (nSPS) is 22.2. The summed E-state index contributed by atoms with van der Waals surface area (Å²) < 4.78 is 1.24. The Bertz CT molecular complexity index is 487. The summed E-state index contributed by atoms with van der Waals surface area (Å²) in [4.78, 5) is 22.4. The number of carboxylic acids is 1. The summed E-state index contributed by atoms with van der Waals surface area (Å²) in [7, 11) is 0. The number of amides is 2. The molecule has 1 saturated carbocycles. The number of rotatable bonds is 4. The number of aliphatic carboxylic acids is 1. The van der Waals surface area contributed by atoms with E-state index >= 15 is 0 Å². The van der Waals surface area contributed by atoms with Gasteiger partial charge in [-0.3, -0.25) is 9.48 Å². The quantitative estimate of drug-likeness (QED) is 0.634. The molecule has 1 aromatic rings. The van der Waals surface area contributed by atoms with E-state index in [4.69, 9.17) is 10.8 Å². The molecule has 1 aromatic heterocycles. The molecule has 20 heavy (non-hydrogen) atoms. The first-order valence-corrected chi connectivity index (χ1v) is 6.62. The molecule has 2 unspecified atom stereocenters. The molecule has 8 nitrogen and oxygen atoms in total. The lowest BCUT2D eigenvalue weighted by molar-refractivity contribution is -0.137. The molecule has 0 spiro atoms. The van der Waals surface area contributed by atoms with Crippen LogP contribution in [0.4, 0.5) is 10.5 Å². The molecule has 0 saturated heterocycles. The highest BCUT2D eigenvalue weighted by molar-refractivity contribution is 5.89. The van der Waals surface area contributed by atoms with Crippen LogP contribution in [0.3, 0.4) is 0 Å². The van der Waals surface area contributed by atoms with Gasteiger partial charge >= 0.3 is 12.0 Å². The van der Waals surface area contributed by atoms with Crippen molar-refractivity contribution in [3.05, 3.63) is 12.4 Å². The van der Waals surface area contributed by atoms with Crippen LogP contribution in [-0.2, 0) is 11.3 Å². The first-order valence-electron chi connectivity index (χ1n) is 6.62. The number of hydrogen-bond acceptors (Lipinski definition) is 4. The largest absolute Gasteiger partial charge is 0.480 e. The summed E-state index contributed by atoms with van der Waals surface area (Å²) in [5.41, 5.74) is 6.41. The Morgan fingerprint density at radius 2 is 2.20 bits per heavy atom. The predicted octanol–water partition coefficient (Wildman–Crippen LogP) is 0.359. The van der Waals surface area contributed by atoms with Crippen LogP contribution >= 0.6 is 0 Å². The van der Waals surface area contributed by atoms with Crippen molar-refractivity contribution in [2.45, 2.75) is 44.3 Å². The smallest absolute Gasteiger partial charge is 0.325 e. The number of carbonyl (C=O) groups excluding carboxylic acids is 1. The third-order valence-corrected chi connectivity index (χ3v) is 3.32. The van der Waals surface area contributed by atoms with Gasteiger partial charge in [-0.2, -0.15) is 5.10 Å². The summed E-state index contributed by atoms with van der Waals surface area (Å²) in [6, 6.07) is -0.371. The fraction of sp³-hybridized carbons (Fsp3) is 0.583. The molecular formula is C12H19N5O3. The zero-order valence-corrected chi connectivity index (χ0v) is 11.1. The Labute approximate surface area is 116 Å². The molecule has 5 N–H and O–H groups in total. The van der Waals surface area contributed by atoms with Crippen molar-refractivity contribution in [3.63, 3.8) is 0 Å². The number of aromatic nitrogens is 2. The van der Waals surface area contributed by atoms with Crippen LogP contribution < -0.4 is 16.4 Å². The van der Waals surface area contributed by atoms with Crippen LogP contribution in [0.5, 0.6) is 0 Å². The Balaban J connectivity index is 1.84. The summed E-state index contributed by atoms with van der Waals surface area (Å²) in [5, 5.41) is 17.9. The average Bonchev–Trinajstić information content (AvgIpc) is 2.78. The molecule has 0 aliphatic heterocycles. The summed E-state index contributed by atoms with van der Waals surface area (Å²) in [5.74, 6) is -0.989. The highest BCUT2D eigenvalue weighted by atomic mass is 16.4. The second kappa shape index (κ2) is 6.38. The number of hydrogen-bond donors (Lipinski definition) is 4. The number of urea groups is 1. The minimum absolute atomic E-state index is 0.00997. The third kappa shape index (κ3) is 3.95. The molecule has 1 aliphatic rings. The third-order valence-electron chi connectivity index (χ3n) is 3.32. The minimum atomic E-state index is -0.989. The van der Waals surface area contributed by atoms with Crippen molar-refractivity contribution in [1.82, 2.24) is 15.1 Å². The molecule has 2 amide bonds. The number of carboxylic acid groups (broad SMARTS) is 1. The molecule has 2 rings (SSSR count). The highest BCUT2D eigenvalue weighted by Gasteiger charge is 2.23. The van der Waals surface area contributed by atoms with Crippen LogP contribution in [-0.4, -0.2) is 39.0 Å². The zero-order chi connectivity index (χ0) is 14.5. The first kappa shape index (κ1) is 14.3. The van der Waals surface area contributed by atoms with Crippen LogP contribution in [0.1, 0.15) is 25.7 Å². The van der Waals surface area contributed by atoms with E-state index in [0.29, 0.717) is 5.69 Å². The Hall–Kier alpha value is -2.09. The molecule has 0 aromatic carbocycles. The molecule has 8 heteroatoms. The van der Waals surface area contributed by atoms with Gasteiger partial charge in [-0.15, -0.1) is 0 Å². The molecule has 110 valence electrons. The molecular weight excluding hydrogens is 262 g/mol. The van der Waals surface area contributed by atoms with E-state index in [1.165, 1.54) is 17.1 Å². The molecule has 0 bridgehead atoms. The maximum absolute atomic E-state index is 11.8. The van der Waals surface area contributed by atoms with Gasteiger partial charge in [0.1, 0.15) is 6.54 Å². The standard InChI is InChI=1S/C12H19N5O3/c13-9-3-1-2-4-10(9)16-12(20)15-8-5-14-17(6-8)7-11(18)19/h5-6,9-10H,1-4,7,13H2,(H,18,19)(H2,15,16,20). The number of carbonyl (C=O) groups is 2. The van der Waals surface area contributed by atoms with Gasteiger partial charge < -0.3 is 21.5 Å². The van der Waals surface area contributed by atoms with Gasteiger partial charge in [0.25, 0.3) is 0 Å². The van der Waals surface area contributed by atoms with E-state index < -0.39 is 5.97 Å². The Kier molecular flexibility index (Phi) is 4.57. The summed E-state index contributed by atoms with van der Waals surface area (Å²) in [6.45, 7) is -0.239. The van der Waals surface area contributed by atoms with E-state index in [0.717, 1.165) is 25.7 Å². The highest BCUT2D eigenvalue weighted by Crippen LogP contribution is 2.17. The van der Waals surface area contributed by atoms with E-state index in [-0.39, 0.29) is 24.7 Å². The fourth-order valence-electron chi connectivity index (χ4n) is 2.33. The van der Waals surface area contributed by atoms with E-state index in [1.807, 2.05) is 0 Å². The maximum atomic E-state index is 11.8. The molecule has 2 atom stereocenters. The summed E-state index contributed by atoms with van der Waals surface area (Å²) >= 11 is 0. The number of anilines is 1. The molecule has 1 heterocycles. The van der Waals surface area contributed by atoms with Gasteiger partial charge in [0.15, 0.2) is 0 Å². The van der Waals surface area contributed by atoms with Gasteiger partial charge in [-0.05, 0) is 12.8 Å². The van der Waals surface area contributed by atoms with Gasteiger partial charge in [-0.1, -0.05) is 12.8 Å². The lowest BCUT2D eigenvalue weighted by Gasteiger charge is -2.29. The fourth-order valence-corrected chi connectivity index (χ4v) is 2.33. The van der Waals surface area contributed by atoms with E-state index in [1.54, 1.807) is 0 Å². The van der Waals surface area contributed by atoms with Crippen molar-refractivity contribution in [1.29, 1.82) is 0 Å². The number of nitrogens with two attached hydrogens (primary N) is 1. The first-order chi connectivity index (χ1) is 9.54. The Morgan fingerprint density at radius 1 is 1.45 bits per heavy atom. The SMILES string of the molecule is NC1CCCCC1NC(=O)Nc1cnn(CC(=O)O)c1.